The lowest BCUT2D eigenvalue weighted by atomic mass is 10.4. The Morgan fingerprint density at radius 1 is 1.55 bits per heavy atom. The maximum absolute atomic E-state index is 8.15. The molecule has 11 heavy (non-hydrogen) atoms. The van der Waals surface area contributed by atoms with Crippen LogP contribution >= 0.6 is 11.8 Å². The molecule has 0 aliphatic carbocycles. The second-order valence-corrected chi connectivity index (χ2v) is 2.52. The molecular formula is C6H7N3OS. The zero-order valence-corrected chi connectivity index (χ0v) is 6.75. The summed E-state index contributed by atoms with van der Waals surface area (Å²) in [5.74, 6) is 0. The van der Waals surface area contributed by atoms with Crippen molar-refractivity contribution in [3.63, 3.8) is 0 Å². The molecule has 0 amide bonds. The van der Waals surface area contributed by atoms with Gasteiger partial charge >= 0.3 is 0 Å². The van der Waals surface area contributed by atoms with E-state index >= 15 is 0 Å². The van der Waals surface area contributed by atoms with Crippen molar-refractivity contribution < 1.29 is 5.21 Å². The van der Waals surface area contributed by atoms with E-state index in [-0.39, 0.29) is 0 Å². The second kappa shape index (κ2) is 3.92. The summed E-state index contributed by atoms with van der Waals surface area (Å²) in [5.41, 5.74) is 0.685. The monoisotopic (exact) mass is 169 g/mol. The van der Waals surface area contributed by atoms with Gasteiger partial charge in [-0.3, -0.25) is 0 Å². The highest BCUT2D eigenvalue weighted by Crippen LogP contribution is 2.05. The number of hydrogen-bond donors (Lipinski definition) is 1. The van der Waals surface area contributed by atoms with Crippen LogP contribution in [0.25, 0.3) is 0 Å². The van der Waals surface area contributed by atoms with E-state index in [9.17, 15) is 0 Å². The van der Waals surface area contributed by atoms with E-state index < -0.39 is 0 Å². The Kier molecular flexibility index (Phi) is 2.85. The predicted octanol–water partition coefficient (Wildman–Crippen LogP) is 1.01. The van der Waals surface area contributed by atoms with Crippen molar-refractivity contribution in [3.05, 3.63) is 18.0 Å². The molecule has 0 unspecified atom stereocenters. The van der Waals surface area contributed by atoms with Crippen LogP contribution in [-0.4, -0.2) is 27.6 Å². The van der Waals surface area contributed by atoms with E-state index in [1.165, 1.54) is 18.0 Å². The van der Waals surface area contributed by atoms with Crippen molar-refractivity contribution in [2.45, 2.75) is 5.16 Å². The van der Waals surface area contributed by atoms with Crippen molar-refractivity contribution in [1.82, 2.24) is 9.97 Å². The van der Waals surface area contributed by atoms with E-state index in [0.717, 1.165) is 0 Å². The number of aromatic nitrogens is 2. The minimum absolute atomic E-state index is 0.685. The summed E-state index contributed by atoms with van der Waals surface area (Å²) in [6.45, 7) is 0. The van der Waals surface area contributed by atoms with Gasteiger partial charge in [-0.15, -0.1) is 0 Å². The number of nitrogens with zero attached hydrogens (tertiary/aromatic N) is 3. The molecule has 5 heteroatoms. The molecule has 0 saturated carbocycles. The SMILES string of the molecule is CSc1ncc(/C=N/O)cn1. The van der Waals surface area contributed by atoms with Crippen LogP contribution in [0.5, 0.6) is 0 Å². The zero-order valence-electron chi connectivity index (χ0n) is 5.93. The summed E-state index contributed by atoms with van der Waals surface area (Å²) in [5, 5.41) is 11.7. The van der Waals surface area contributed by atoms with Gasteiger partial charge < -0.3 is 5.21 Å². The molecule has 0 spiro atoms. The van der Waals surface area contributed by atoms with Crippen LogP contribution in [-0.2, 0) is 0 Å². The number of hydrogen-bond acceptors (Lipinski definition) is 5. The summed E-state index contributed by atoms with van der Waals surface area (Å²) in [6, 6.07) is 0. The molecule has 1 heterocycles. The molecule has 0 fully saturated rings. The van der Waals surface area contributed by atoms with E-state index in [1.54, 1.807) is 12.4 Å². The Balaban J connectivity index is 2.82. The first-order chi connectivity index (χ1) is 5.36. The number of rotatable bonds is 2. The zero-order chi connectivity index (χ0) is 8.10. The average molecular weight is 169 g/mol. The molecule has 1 aromatic heterocycles. The van der Waals surface area contributed by atoms with Crippen molar-refractivity contribution in [1.29, 1.82) is 0 Å². The van der Waals surface area contributed by atoms with Gasteiger partial charge in [0.1, 0.15) is 0 Å². The van der Waals surface area contributed by atoms with Crippen LogP contribution in [0.3, 0.4) is 0 Å². The molecule has 0 radical (unpaired) electrons. The minimum Gasteiger partial charge on any atom is -0.411 e. The van der Waals surface area contributed by atoms with Gasteiger partial charge in [0.25, 0.3) is 0 Å². The normalized spacial score (nSPS) is 10.6. The highest BCUT2D eigenvalue weighted by molar-refractivity contribution is 7.98. The molecule has 1 N–H and O–H groups in total. The van der Waals surface area contributed by atoms with Gasteiger partial charge in [-0.25, -0.2) is 9.97 Å². The Labute approximate surface area is 68.4 Å². The third-order valence-electron chi connectivity index (χ3n) is 1.04. The highest BCUT2D eigenvalue weighted by Gasteiger charge is 1.92. The van der Waals surface area contributed by atoms with Gasteiger partial charge in [-0.05, 0) is 6.26 Å². The Hall–Kier alpha value is -1.10. The Morgan fingerprint density at radius 2 is 2.18 bits per heavy atom. The molecule has 0 bridgehead atoms. The van der Waals surface area contributed by atoms with Crippen LogP contribution in [0.2, 0.25) is 0 Å². The predicted molar refractivity (Wildman–Crippen MR) is 43.2 cm³/mol. The average Bonchev–Trinajstić information content (AvgIpc) is 2.07. The van der Waals surface area contributed by atoms with Crippen molar-refractivity contribution >= 4 is 18.0 Å². The van der Waals surface area contributed by atoms with Gasteiger partial charge in [0.15, 0.2) is 5.16 Å². The molecule has 0 aliphatic heterocycles. The number of thioether (sulfide) groups is 1. The summed E-state index contributed by atoms with van der Waals surface area (Å²) in [4.78, 5) is 7.93. The molecule has 0 saturated heterocycles. The Bertz CT molecular complexity index is 247. The van der Waals surface area contributed by atoms with Gasteiger partial charge in [-0.2, -0.15) is 0 Å². The fraction of sp³-hybridized carbons (Fsp3) is 0.167. The first-order valence-corrected chi connectivity index (χ1v) is 4.12. The number of oxime groups is 1. The van der Waals surface area contributed by atoms with Crippen LogP contribution in [0.15, 0.2) is 22.7 Å². The third kappa shape index (κ3) is 2.19. The second-order valence-electron chi connectivity index (χ2n) is 1.75. The van der Waals surface area contributed by atoms with Gasteiger partial charge in [0.05, 0.1) is 6.21 Å². The summed E-state index contributed by atoms with van der Waals surface area (Å²) >= 11 is 1.47. The van der Waals surface area contributed by atoms with Crippen molar-refractivity contribution in [2.24, 2.45) is 5.16 Å². The van der Waals surface area contributed by atoms with Crippen molar-refractivity contribution in [2.75, 3.05) is 6.26 Å². The van der Waals surface area contributed by atoms with Gasteiger partial charge in [-0.1, -0.05) is 16.9 Å². The lowest BCUT2D eigenvalue weighted by Gasteiger charge is -1.92. The summed E-state index contributed by atoms with van der Waals surface area (Å²) in [6.07, 6.45) is 6.37. The third-order valence-corrected chi connectivity index (χ3v) is 1.61. The minimum atomic E-state index is 0.685. The van der Waals surface area contributed by atoms with Crippen LogP contribution < -0.4 is 0 Å². The van der Waals surface area contributed by atoms with E-state index in [4.69, 9.17) is 5.21 Å². The molecule has 1 rings (SSSR count). The van der Waals surface area contributed by atoms with E-state index in [0.29, 0.717) is 10.7 Å². The van der Waals surface area contributed by atoms with E-state index in [2.05, 4.69) is 15.1 Å². The molecule has 0 aromatic carbocycles. The fourth-order valence-corrected chi connectivity index (χ4v) is 0.881. The topological polar surface area (TPSA) is 58.4 Å². The molecule has 0 atom stereocenters. The Morgan fingerprint density at radius 3 is 2.64 bits per heavy atom. The van der Waals surface area contributed by atoms with Gasteiger partial charge in [0, 0.05) is 18.0 Å². The quantitative estimate of drug-likeness (QED) is 0.236. The van der Waals surface area contributed by atoms with Crippen LogP contribution in [0, 0.1) is 0 Å². The molecule has 58 valence electrons. The van der Waals surface area contributed by atoms with Crippen LogP contribution in [0.4, 0.5) is 0 Å². The van der Waals surface area contributed by atoms with Gasteiger partial charge in [0.2, 0.25) is 0 Å². The largest absolute Gasteiger partial charge is 0.411 e. The molecular weight excluding hydrogens is 162 g/mol. The van der Waals surface area contributed by atoms with E-state index in [1.807, 2.05) is 6.26 Å². The standard InChI is InChI=1S/C6H7N3OS/c1-11-6-7-2-5(3-8-6)4-9-10/h2-4,10H,1H3/b9-4+. The first-order valence-electron chi connectivity index (χ1n) is 2.90. The summed E-state index contributed by atoms with van der Waals surface area (Å²) < 4.78 is 0. The van der Waals surface area contributed by atoms with Crippen molar-refractivity contribution in [3.8, 4) is 0 Å². The maximum Gasteiger partial charge on any atom is 0.187 e. The maximum atomic E-state index is 8.15. The molecule has 1 aromatic rings. The fourth-order valence-electron chi connectivity index (χ4n) is 0.565. The molecule has 0 aliphatic rings. The molecule has 4 nitrogen and oxygen atoms in total. The first kappa shape index (κ1) is 8.00. The summed E-state index contributed by atoms with van der Waals surface area (Å²) in [7, 11) is 0. The smallest absolute Gasteiger partial charge is 0.187 e. The highest BCUT2D eigenvalue weighted by atomic mass is 32.2. The lowest BCUT2D eigenvalue weighted by Crippen LogP contribution is -1.88. The lowest BCUT2D eigenvalue weighted by molar-refractivity contribution is 0.322. The van der Waals surface area contributed by atoms with Crippen LogP contribution in [0.1, 0.15) is 5.56 Å².